The van der Waals surface area contributed by atoms with Crippen LogP contribution in [0, 0.1) is 0 Å². The highest BCUT2D eigenvalue weighted by atomic mass is 16.4. The Morgan fingerprint density at radius 1 is 0.543 bits per heavy atom. The Morgan fingerprint density at radius 3 is 1.29 bits per heavy atom. The van der Waals surface area contributed by atoms with E-state index < -0.39 is 91.6 Å². The number of aliphatic carboxylic acids is 1. The van der Waals surface area contributed by atoms with Gasteiger partial charge in [-0.1, -0.05) is 0 Å². The van der Waals surface area contributed by atoms with E-state index in [1.54, 1.807) is 0 Å². The van der Waals surface area contributed by atoms with Crippen molar-refractivity contribution in [1.29, 1.82) is 0 Å². The van der Waals surface area contributed by atoms with Crippen molar-refractivity contribution >= 4 is 47.3 Å². The van der Waals surface area contributed by atoms with Crippen molar-refractivity contribution in [3.05, 3.63) is 0 Å². The van der Waals surface area contributed by atoms with Gasteiger partial charge in [0, 0.05) is 6.92 Å². The second-order valence-electron chi connectivity index (χ2n) is 7.32. The third-order valence-electron chi connectivity index (χ3n) is 4.07. The zero-order chi connectivity index (χ0) is 27.1. The molecule has 196 valence electrons. The summed E-state index contributed by atoms with van der Waals surface area (Å²) in [5, 5.41) is 24.2. The van der Waals surface area contributed by atoms with Crippen molar-refractivity contribution < 1.29 is 43.5 Å². The number of carbonyl (C=O) groups excluding carboxylic acids is 7. The number of amides is 7. The van der Waals surface area contributed by atoms with Crippen LogP contribution in [0.1, 0.15) is 27.7 Å². The quantitative estimate of drug-likeness (QED) is 0.113. The number of nitrogens with one attached hydrogen (secondary N) is 7. The maximum atomic E-state index is 12.2. The van der Waals surface area contributed by atoms with Gasteiger partial charge in [0.05, 0.1) is 19.6 Å². The zero-order valence-corrected chi connectivity index (χ0v) is 19.8. The molecule has 16 nitrogen and oxygen atoms in total. The smallest absolute Gasteiger partial charge is 0.322 e. The summed E-state index contributed by atoms with van der Waals surface area (Å²) in [5.41, 5.74) is 0. The predicted octanol–water partition coefficient (Wildman–Crippen LogP) is -4.93. The molecule has 0 saturated heterocycles. The summed E-state index contributed by atoms with van der Waals surface area (Å²) in [6.07, 6.45) is 0. The number of rotatable bonds is 14. The fourth-order valence-electron chi connectivity index (χ4n) is 2.22. The number of carboxylic acids is 1. The molecule has 8 N–H and O–H groups in total. The van der Waals surface area contributed by atoms with Gasteiger partial charge in [0.1, 0.15) is 24.7 Å². The van der Waals surface area contributed by atoms with E-state index in [-0.39, 0.29) is 0 Å². The average molecular weight is 501 g/mol. The topological polar surface area (TPSA) is 241 Å². The second kappa shape index (κ2) is 15.6. The molecule has 0 saturated carbocycles. The first-order valence-corrected chi connectivity index (χ1v) is 10.4. The van der Waals surface area contributed by atoms with Gasteiger partial charge in [-0.2, -0.15) is 0 Å². The average Bonchev–Trinajstić information content (AvgIpc) is 2.77. The van der Waals surface area contributed by atoms with E-state index in [1.807, 2.05) is 5.32 Å². The van der Waals surface area contributed by atoms with Crippen LogP contribution in [-0.2, 0) is 38.4 Å². The molecule has 0 bridgehead atoms. The van der Waals surface area contributed by atoms with E-state index >= 15 is 0 Å². The molecule has 0 aliphatic carbocycles. The summed E-state index contributed by atoms with van der Waals surface area (Å²) in [5.74, 6) is -5.83. The SMILES string of the molecule is CC(=O)N[C@@H](C)C(=O)N[C@@H](C)C(=O)N[C@@H](C)C(=O)NCC(=O)NCC(=O)NCC(=O)NCC(=O)O. The minimum Gasteiger partial charge on any atom is -0.480 e. The van der Waals surface area contributed by atoms with Crippen LogP contribution in [-0.4, -0.2) is 96.7 Å². The molecule has 0 spiro atoms. The van der Waals surface area contributed by atoms with E-state index in [9.17, 15) is 38.4 Å². The molecule has 0 aromatic carbocycles. The highest BCUT2D eigenvalue weighted by Crippen LogP contribution is 1.90. The van der Waals surface area contributed by atoms with Crippen molar-refractivity contribution in [1.82, 2.24) is 37.2 Å². The summed E-state index contributed by atoms with van der Waals surface area (Å²) in [7, 11) is 0. The van der Waals surface area contributed by atoms with E-state index in [1.165, 1.54) is 27.7 Å². The molecular weight excluding hydrogens is 470 g/mol. The van der Waals surface area contributed by atoms with Gasteiger partial charge in [-0.25, -0.2) is 0 Å². The summed E-state index contributed by atoms with van der Waals surface area (Å²) < 4.78 is 0. The normalized spacial score (nSPS) is 12.6. The summed E-state index contributed by atoms with van der Waals surface area (Å²) in [4.78, 5) is 92.1. The van der Waals surface area contributed by atoms with Gasteiger partial charge in [-0.05, 0) is 20.8 Å². The zero-order valence-electron chi connectivity index (χ0n) is 19.8. The summed E-state index contributed by atoms with van der Waals surface area (Å²) in [6, 6.07) is -2.94. The molecule has 0 rings (SSSR count). The molecule has 16 heteroatoms. The molecule has 35 heavy (non-hydrogen) atoms. The first kappa shape index (κ1) is 30.8. The molecule has 0 radical (unpaired) electrons. The van der Waals surface area contributed by atoms with Crippen LogP contribution in [0.25, 0.3) is 0 Å². The Kier molecular flexibility index (Phi) is 13.7. The van der Waals surface area contributed by atoms with Crippen LogP contribution < -0.4 is 37.2 Å². The van der Waals surface area contributed by atoms with Crippen molar-refractivity contribution in [2.75, 3.05) is 26.2 Å². The highest BCUT2D eigenvalue weighted by molar-refractivity contribution is 5.95. The summed E-state index contributed by atoms with van der Waals surface area (Å²) >= 11 is 0. The molecule has 0 aliphatic rings. The number of carboxylic acid groups (broad SMARTS) is 1. The van der Waals surface area contributed by atoms with Crippen molar-refractivity contribution in [3.8, 4) is 0 Å². The Morgan fingerprint density at radius 2 is 0.886 bits per heavy atom. The molecule has 0 heterocycles. The Labute approximate surface area is 200 Å². The Bertz CT molecular complexity index is 847. The Balaban J connectivity index is 4.27. The van der Waals surface area contributed by atoms with Gasteiger partial charge in [-0.3, -0.25) is 38.4 Å². The number of hydrogen-bond acceptors (Lipinski definition) is 8. The van der Waals surface area contributed by atoms with Gasteiger partial charge in [0.25, 0.3) is 0 Å². The van der Waals surface area contributed by atoms with Crippen LogP contribution in [0.5, 0.6) is 0 Å². The van der Waals surface area contributed by atoms with E-state index in [4.69, 9.17) is 5.11 Å². The third kappa shape index (κ3) is 14.5. The van der Waals surface area contributed by atoms with Crippen molar-refractivity contribution in [2.24, 2.45) is 0 Å². The van der Waals surface area contributed by atoms with Gasteiger partial charge in [-0.15, -0.1) is 0 Å². The van der Waals surface area contributed by atoms with Gasteiger partial charge in [0.15, 0.2) is 0 Å². The monoisotopic (exact) mass is 501 g/mol. The number of carbonyl (C=O) groups is 8. The molecule has 0 aliphatic heterocycles. The molecule has 0 aromatic rings. The van der Waals surface area contributed by atoms with Crippen molar-refractivity contribution in [2.45, 2.75) is 45.8 Å². The number of hydrogen-bond donors (Lipinski definition) is 8. The lowest BCUT2D eigenvalue weighted by Gasteiger charge is -2.20. The molecule has 3 atom stereocenters. The minimum absolute atomic E-state index is 0.417. The van der Waals surface area contributed by atoms with Crippen LogP contribution in [0.15, 0.2) is 0 Å². The van der Waals surface area contributed by atoms with Gasteiger partial charge in [0.2, 0.25) is 41.4 Å². The fourth-order valence-corrected chi connectivity index (χ4v) is 2.22. The lowest BCUT2D eigenvalue weighted by molar-refractivity contribution is -0.137. The highest BCUT2D eigenvalue weighted by Gasteiger charge is 2.23. The second-order valence-corrected chi connectivity index (χ2v) is 7.32. The third-order valence-corrected chi connectivity index (χ3v) is 4.07. The standard InChI is InChI=1S/C19H31N7O9/c1-9(25-19(35)11(3)26-18(34)10(2)24-12(4)27)17(33)23-7-15(30)21-5-13(28)20-6-14(29)22-8-16(31)32/h9-11H,5-8H2,1-4H3,(H,20,28)(H,21,30)(H,22,29)(H,23,33)(H,24,27)(H,25,35)(H,26,34)(H,31,32)/t9-,10-,11-/m0/s1. The van der Waals surface area contributed by atoms with Crippen LogP contribution in [0.3, 0.4) is 0 Å². The first-order valence-electron chi connectivity index (χ1n) is 10.4. The van der Waals surface area contributed by atoms with E-state index in [2.05, 4.69) is 31.9 Å². The van der Waals surface area contributed by atoms with Gasteiger partial charge < -0.3 is 42.3 Å². The first-order chi connectivity index (χ1) is 16.2. The molecular formula is C19H31N7O9. The molecule has 0 aromatic heterocycles. The predicted molar refractivity (Wildman–Crippen MR) is 118 cm³/mol. The Hall–Kier alpha value is -4.24. The van der Waals surface area contributed by atoms with Crippen LogP contribution in [0.2, 0.25) is 0 Å². The van der Waals surface area contributed by atoms with Crippen LogP contribution in [0.4, 0.5) is 0 Å². The van der Waals surface area contributed by atoms with Gasteiger partial charge >= 0.3 is 5.97 Å². The minimum atomic E-state index is -1.25. The molecule has 0 unspecified atom stereocenters. The lowest BCUT2D eigenvalue weighted by atomic mass is 10.2. The fraction of sp³-hybridized carbons (Fsp3) is 0.579. The molecule has 0 fully saturated rings. The maximum Gasteiger partial charge on any atom is 0.322 e. The lowest BCUT2D eigenvalue weighted by Crippen LogP contribution is -2.55. The summed E-state index contributed by atoms with van der Waals surface area (Å²) in [6.45, 7) is 3.31. The maximum absolute atomic E-state index is 12.2. The van der Waals surface area contributed by atoms with E-state index in [0.717, 1.165) is 0 Å². The van der Waals surface area contributed by atoms with Crippen LogP contribution >= 0.6 is 0 Å². The largest absolute Gasteiger partial charge is 0.480 e. The molecule has 7 amide bonds. The van der Waals surface area contributed by atoms with Crippen molar-refractivity contribution in [3.63, 3.8) is 0 Å². The van der Waals surface area contributed by atoms with E-state index in [0.29, 0.717) is 0 Å².